The highest BCUT2D eigenvalue weighted by Gasteiger charge is 2.08. The zero-order valence-electron chi connectivity index (χ0n) is 7.57. The highest BCUT2D eigenvalue weighted by Crippen LogP contribution is 2.08. The Bertz CT molecular complexity index is 323. The quantitative estimate of drug-likeness (QED) is 0.762. The van der Waals surface area contributed by atoms with E-state index in [4.69, 9.17) is 9.84 Å². The molecule has 70 valence electrons. The molecule has 0 aromatic carbocycles. The van der Waals surface area contributed by atoms with E-state index in [1.807, 2.05) is 0 Å². The Labute approximate surface area is 76.2 Å². The smallest absolute Gasteiger partial charge is 0.337 e. The molecule has 4 nitrogen and oxygen atoms in total. The van der Waals surface area contributed by atoms with E-state index in [9.17, 15) is 4.79 Å². The van der Waals surface area contributed by atoms with Gasteiger partial charge in [-0.25, -0.2) is 4.79 Å². The SMILES string of the molecule is COCc1cnc(C)c(C(=O)O)c1. The molecule has 0 saturated carbocycles. The summed E-state index contributed by atoms with van der Waals surface area (Å²) in [6.07, 6.45) is 1.62. The van der Waals surface area contributed by atoms with Crippen molar-refractivity contribution in [1.82, 2.24) is 4.98 Å². The molecule has 0 aliphatic rings. The molecule has 0 aliphatic carbocycles. The third-order valence-corrected chi connectivity index (χ3v) is 1.68. The molecule has 0 radical (unpaired) electrons. The number of carbonyl (C=O) groups is 1. The summed E-state index contributed by atoms with van der Waals surface area (Å²) >= 11 is 0. The molecule has 1 rings (SSSR count). The van der Waals surface area contributed by atoms with Gasteiger partial charge in [-0.1, -0.05) is 0 Å². The van der Waals surface area contributed by atoms with E-state index in [-0.39, 0.29) is 5.56 Å². The standard InChI is InChI=1S/C9H11NO3/c1-6-8(9(11)12)3-7(4-10-6)5-13-2/h3-4H,5H2,1-2H3,(H,11,12). The molecule has 1 aromatic heterocycles. The number of methoxy groups -OCH3 is 1. The van der Waals surface area contributed by atoms with E-state index >= 15 is 0 Å². The Morgan fingerprint density at radius 2 is 2.38 bits per heavy atom. The van der Waals surface area contributed by atoms with E-state index in [1.54, 1.807) is 26.3 Å². The molecule has 1 N–H and O–H groups in total. The van der Waals surface area contributed by atoms with Gasteiger partial charge in [0.05, 0.1) is 17.9 Å². The zero-order valence-corrected chi connectivity index (χ0v) is 7.57. The summed E-state index contributed by atoms with van der Waals surface area (Å²) in [7, 11) is 1.56. The Hall–Kier alpha value is -1.42. The first-order valence-electron chi connectivity index (χ1n) is 3.83. The molecule has 1 aromatic rings. The monoisotopic (exact) mass is 181 g/mol. The van der Waals surface area contributed by atoms with E-state index in [2.05, 4.69) is 4.98 Å². The molecule has 0 atom stereocenters. The van der Waals surface area contributed by atoms with Gasteiger partial charge in [0, 0.05) is 13.3 Å². The fraction of sp³-hybridized carbons (Fsp3) is 0.333. The van der Waals surface area contributed by atoms with Crippen molar-refractivity contribution in [2.24, 2.45) is 0 Å². The summed E-state index contributed by atoms with van der Waals surface area (Å²) in [6.45, 7) is 2.05. The molecule has 13 heavy (non-hydrogen) atoms. The van der Waals surface area contributed by atoms with Crippen LogP contribution in [0.1, 0.15) is 21.6 Å². The molecule has 0 saturated heterocycles. The van der Waals surface area contributed by atoms with Crippen LogP contribution in [0.15, 0.2) is 12.3 Å². The Morgan fingerprint density at radius 3 is 2.92 bits per heavy atom. The Kier molecular flexibility index (Phi) is 2.97. The Balaban J connectivity index is 3.04. The molecular formula is C9H11NO3. The van der Waals surface area contributed by atoms with Gasteiger partial charge >= 0.3 is 5.97 Å². The number of nitrogens with zero attached hydrogens (tertiary/aromatic N) is 1. The largest absolute Gasteiger partial charge is 0.478 e. The number of pyridine rings is 1. The number of carboxylic acids is 1. The summed E-state index contributed by atoms with van der Waals surface area (Å²) in [5, 5.41) is 8.78. The first kappa shape index (κ1) is 9.67. The predicted octanol–water partition coefficient (Wildman–Crippen LogP) is 1.23. The number of rotatable bonds is 3. The van der Waals surface area contributed by atoms with Gasteiger partial charge < -0.3 is 9.84 Å². The number of aryl methyl sites for hydroxylation is 1. The van der Waals surface area contributed by atoms with Crippen LogP contribution in [0.2, 0.25) is 0 Å². The maximum atomic E-state index is 10.7. The van der Waals surface area contributed by atoms with Crippen LogP contribution in [0, 0.1) is 6.92 Å². The van der Waals surface area contributed by atoms with Crippen LogP contribution in [0.25, 0.3) is 0 Å². The lowest BCUT2D eigenvalue weighted by Gasteiger charge is -2.03. The van der Waals surface area contributed by atoms with Crippen LogP contribution in [-0.2, 0) is 11.3 Å². The van der Waals surface area contributed by atoms with Crippen molar-refractivity contribution < 1.29 is 14.6 Å². The van der Waals surface area contributed by atoms with Crippen molar-refractivity contribution in [2.45, 2.75) is 13.5 Å². The van der Waals surface area contributed by atoms with E-state index in [0.29, 0.717) is 12.3 Å². The molecule has 4 heteroatoms. The van der Waals surface area contributed by atoms with Crippen molar-refractivity contribution in [1.29, 1.82) is 0 Å². The first-order chi connectivity index (χ1) is 6.15. The number of aromatic nitrogens is 1. The second-order valence-corrected chi connectivity index (χ2v) is 2.71. The van der Waals surface area contributed by atoms with Crippen molar-refractivity contribution in [2.75, 3.05) is 7.11 Å². The number of carboxylic acid groups (broad SMARTS) is 1. The zero-order chi connectivity index (χ0) is 9.84. The van der Waals surface area contributed by atoms with Gasteiger partial charge in [-0.2, -0.15) is 0 Å². The summed E-state index contributed by atoms with van der Waals surface area (Å²) in [4.78, 5) is 14.7. The highest BCUT2D eigenvalue weighted by molar-refractivity contribution is 5.88. The van der Waals surface area contributed by atoms with Gasteiger partial charge in [0.1, 0.15) is 0 Å². The van der Waals surface area contributed by atoms with E-state index < -0.39 is 5.97 Å². The predicted molar refractivity (Wildman–Crippen MR) is 46.6 cm³/mol. The lowest BCUT2D eigenvalue weighted by molar-refractivity contribution is 0.0695. The number of hydrogen-bond donors (Lipinski definition) is 1. The van der Waals surface area contributed by atoms with E-state index in [0.717, 1.165) is 5.56 Å². The van der Waals surface area contributed by atoms with Crippen LogP contribution < -0.4 is 0 Å². The van der Waals surface area contributed by atoms with Crippen LogP contribution >= 0.6 is 0 Å². The molecule has 0 spiro atoms. The third-order valence-electron chi connectivity index (χ3n) is 1.68. The van der Waals surface area contributed by atoms with Gasteiger partial charge in [0.15, 0.2) is 0 Å². The summed E-state index contributed by atoms with van der Waals surface area (Å²) in [5.74, 6) is -0.956. The van der Waals surface area contributed by atoms with E-state index in [1.165, 1.54) is 0 Å². The van der Waals surface area contributed by atoms with Gasteiger partial charge in [-0.15, -0.1) is 0 Å². The number of hydrogen-bond acceptors (Lipinski definition) is 3. The van der Waals surface area contributed by atoms with Crippen molar-refractivity contribution >= 4 is 5.97 Å². The van der Waals surface area contributed by atoms with Crippen molar-refractivity contribution in [3.63, 3.8) is 0 Å². The number of aromatic carboxylic acids is 1. The minimum absolute atomic E-state index is 0.231. The average molecular weight is 181 g/mol. The van der Waals surface area contributed by atoms with Crippen molar-refractivity contribution in [3.8, 4) is 0 Å². The highest BCUT2D eigenvalue weighted by atomic mass is 16.5. The third kappa shape index (κ3) is 2.26. The fourth-order valence-corrected chi connectivity index (χ4v) is 1.04. The summed E-state index contributed by atoms with van der Waals surface area (Å²) in [5.41, 5.74) is 1.52. The Morgan fingerprint density at radius 1 is 1.69 bits per heavy atom. The summed E-state index contributed by atoms with van der Waals surface area (Å²) in [6, 6.07) is 1.58. The minimum Gasteiger partial charge on any atom is -0.478 e. The maximum absolute atomic E-state index is 10.7. The first-order valence-corrected chi connectivity index (χ1v) is 3.83. The minimum atomic E-state index is -0.956. The normalized spacial score (nSPS) is 10.0. The molecule has 0 aliphatic heterocycles. The lowest BCUT2D eigenvalue weighted by atomic mass is 10.1. The number of ether oxygens (including phenoxy) is 1. The topological polar surface area (TPSA) is 59.4 Å². The fourth-order valence-electron chi connectivity index (χ4n) is 1.04. The van der Waals surface area contributed by atoms with Gasteiger partial charge in [0.25, 0.3) is 0 Å². The molecule has 0 bridgehead atoms. The maximum Gasteiger partial charge on any atom is 0.337 e. The second kappa shape index (κ2) is 4.00. The van der Waals surface area contributed by atoms with Gasteiger partial charge in [-0.3, -0.25) is 4.98 Å². The lowest BCUT2D eigenvalue weighted by Crippen LogP contribution is -2.03. The van der Waals surface area contributed by atoms with Gasteiger partial charge in [0.2, 0.25) is 0 Å². The molecule has 0 unspecified atom stereocenters. The van der Waals surface area contributed by atoms with Crippen LogP contribution in [0.3, 0.4) is 0 Å². The van der Waals surface area contributed by atoms with Gasteiger partial charge in [-0.05, 0) is 18.6 Å². The van der Waals surface area contributed by atoms with Crippen LogP contribution in [0.4, 0.5) is 0 Å². The molecule has 0 fully saturated rings. The van der Waals surface area contributed by atoms with Crippen LogP contribution in [-0.4, -0.2) is 23.2 Å². The van der Waals surface area contributed by atoms with Crippen molar-refractivity contribution in [3.05, 3.63) is 29.1 Å². The molecule has 1 heterocycles. The summed E-state index contributed by atoms with van der Waals surface area (Å²) < 4.78 is 4.87. The molecular weight excluding hydrogens is 170 g/mol. The molecule has 0 amide bonds. The van der Waals surface area contributed by atoms with Crippen LogP contribution in [0.5, 0.6) is 0 Å². The average Bonchev–Trinajstić information content (AvgIpc) is 2.08. The second-order valence-electron chi connectivity index (χ2n) is 2.71.